The molecule has 2 aliphatic rings. The largest absolute Gasteiger partial charge is 0.490 e. The van der Waals surface area contributed by atoms with Crippen LogP contribution >= 0.6 is 0 Å². The summed E-state index contributed by atoms with van der Waals surface area (Å²) in [5.74, 6) is 2.11. The van der Waals surface area contributed by atoms with Crippen LogP contribution in [-0.4, -0.2) is 6.61 Å². The number of ether oxygens (including phenoxy) is 1. The zero-order valence-electron chi connectivity index (χ0n) is 25.8. The predicted octanol–water partition coefficient (Wildman–Crippen LogP) is 12.2. The number of halogens is 2. The van der Waals surface area contributed by atoms with Gasteiger partial charge in [-0.25, -0.2) is 4.39 Å². The highest BCUT2D eigenvalue weighted by Crippen LogP contribution is 2.45. The first kappa shape index (κ1) is 32.4. The molecule has 0 heterocycles. The summed E-state index contributed by atoms with van der Waals surface area (Å²) in [7, 11) is 0. The first-order valence-corrected chi connectivity index (χ1v) is 17.2. The third kappa shape index (κ3) is 10.7. The Labute approximate surface area is 240 Å². The summed E-state index contributed by atoms with van der Waals surface area (Å²) in [6.45, 7) is 7.45. The highest BCUT2D eigenvalue weighted by molar-refractivity contribution is 5.33. The minimum Gasteiger partial charge on any atom is -0.490 e. The summed E-state index contributed by atoms with van der Waals surface area (Å²) < 4.78 is 35.5. The van der Waals surface area contributed by atoms with Crippen LogP contribution in [0.4, 0.5) is 8.78 Å². The van der Waals surface area contributed by atoms with Gasteiger partial charge in [0, 0.05) is 0 Å². The van der Waals surface area contributed by atoms with E-state index in [2.05, 4.69) is 20.8 Å². The fourth-order valence-corrected chi connectivity index (χ4v) is 7.59. The number of benzene rings is 1. The molecule has 39 heavy (non-hydrogen) atoms. The van der Waals surface area contributed by atoms with Crippen molar-refractivity contribution in [2.75, 3.05) is 6.61 Å². The molecule has 1 unspecified atom stereocenters. The summed E-state index contributed by atoms with van der Waals surface area (Å²) >= 11 is 0. The highest BCUT2D eigenvalue weighted by atomic mass is 19.2. The van der Waals surface area contributed by atoms with Crippen LogP contribution in [0.2, 0.25) is 0 Å². The van der Waals surface area contributed by atoms with Crippen molar-refractivity contribution >= 4 is 0 Å². The van der Waals surface area contributed by atoms with E-state index in [1.54, 1.807) is 12.1 Å². The van der Waals surface area contributed by atoms with Gasteiger partial charge in [-0.3, -0.25) is 0 Å². The molecule has 0 radical (unpaired) electrons. The van der Waals surface area contributed by atoms with Gasteiger partial charge in [-0.05, 0) is 86.2 Å². The molecule has 0 aromatic heterocycles. The maximum atomic E-state index is 15.1. The molecule has 224 valence electrons. The Morgan fingerprint density at radius 1 is 0.667 bits per heavy atom. The van der Waals surface area contributed by atoms with Crippen LogP contribution in [0.1, 0.15) is 167 Å². The average Bonchev–Trinajstić information content (AvgIpc) is 2.96. The van der Waals surface area contributed by atoms with Gasteiger partial charge in [-0.15, -0.1) is 0 Å². The van der Waals surface area contributed by atoms with Gasteiger partial charge < -0.3 is 4.74 Å². The molecule has 2 saturated carbocycles. The molecule has 0 spiro atoms. The lowest BCUT2D eigenvalue weighted by atomic mass is 9.66. The minimum atomic E-state index is -0.785. The molecule has 0 N–H and O–H groups in total. The van der Waals surface area contributed by atoms with Gasteiger partial charge in [0.05, 0.1) is 6.61 Å². The molecule has 0 amide bonds. The van der Waals surface area contributed by atoms with Crippen molar-refractivity contribution in [1.82, 2.24) is 0 Å². The Balaban J connectivity index is 1.36. The van der Waals surface area contributed by atoms with E-state index in [1.807, 2.05) is 0 Å². The monoisotopic (exact) mass is 546 g/mol. The second-order valence-corrected chi connectivity index (χ2v) is 13.2. The van der Waals surface area contributed by atoms with Gasteiger partial charge in [-0.1, -0.05) is 117 Å². The van der Waals surface area contributed by atoms with E-state index in [1.165, 1.54) is 96.3 Å². The number of hydrogen-bond acceptors (Lipinski definition) is 1. The van der Waals surface area contributed by atoms with E-state index in [0.717, 1.165) is 62.2 Å². The zero-order valence-corrected chi connectivity index (χ0v) is 25.8. The van der Waals surface area contributed by atoms with Crippen LogP contribution in [0.25, 0.3) is 0 Å². The SMILES string of the molecule is CCCCCCCCOc1ccc([C@H]2CC[C@H](C(C)C3CCC(CCCCCCCC)CC3)CC2)c(F)c1F. The third-order valence-electron chi connectivity index (χ3n) is 10.4. The highest BCUT2D eigenvalue weighted by Gasteiger charge is 2.33. The van der Waals surface area contributed by atoms with Crippen molar-refractivity contribution in [3.63, 3.8) is 0 Å². The van der Waals surface area contributed by atoms with Gasteiger partial charge in [0.2, 0.25) is 5.82 Å². The molecule has 0 aliphatic heterocycles. The first-order valence-electron chi connectivity index (χ1n) is 17.2. The van der Waals surface area contributed by atoms with Gasteiger partial charge in [0.1, 0.15) is 0 Å². The summed E-state index contributed by atoms with van der Waals surface area (Å²) in [5, 5.41) is 0. The number of unbranched alkanes of at least 4 members (excludes halogenated alkanes) is 10. The molecule has 1 aromatic carbocycles. The molecule has 3 heteroatoms. The Kier molecular flexibility index (Phi) is 15.2. The fraction of sp³-hybridized carbons (Fsp3) is 0.833. The Hall–Kier alpha value is -1.12. The summed E-state index contributed by atoms with van der Waals surface area (Å²) in [6.07, 6.45) is 26.7. The van der Waals surface area contributed by atoms with Crippen LogP contribution < -0.4 is 4.74 Å². The smallest absolute Gasteiger partial charge is 0.200 e. The fourth-order valence-electron chi connectivity index (χ4n) is 7.59. The standard InChI is InChI=1S/C36H60F2O/c1-4-6-8-10-12-14-16-29-17-19-30(20-18-29)28(3)31-21-23-32(24-22-31)33-25-26-34(36(38)35(33)37)39-27-15-13-11-9-7-5-2/h25-26,28-32H,4-24,27H2,1-3H3/t28?,29?,30?,31-,32-. The maximum Gasteiger partial charge on any atom is 0.200 e. The van der Waals surface area contributed by atoms with Crippen molar-refractivity contribution in [3.8, 4) is 5.75 Å². The van der Waals surface area contributed by atoms with Gasteiger partial charge in [0.15, 0.2) is 11.6 Å². The van der Waals surface area contributed by atoms with Crippen LogP contribution in [0.5, 0.6) is 5.75 Å². The van der Waals surface area contributed by atoms with E-state index < -0.39 is 11.6 Å². The lowest BCUT2D eigenvalue weighted by Crippen LogP contribution is -2.28. The summed E-state index contributed by atoms with van der Waals surface area (Å²) in [6, 6.07) is 3.47. The Morgan fingerprint density at radius 3 is 1.82 bits per heavy atom. The topological polar surface area (TPSA) is 9.23 Å². The molecule has 2 aliphatic carbocycles. The lowest BCUT2D eigenvalue weighted by molar-refractivity contribution is 0.131. The van der Waals surface area contributed by atoms with Gasteiger partial charge in [-0.2, -0.15) is 4.39 Å². The summed E-state index contributed by atoms with van der Waals surface area (Å²) in [4.78, 5) is 0. The second-order valence-electron chi connectivity index (χ2n) is 13.2. The molecule has 0 saturated heterocycles. The Bertz CT molecular complexity index is 777. The van der Waals surface area contributed by atoms with Crippen LogP contribution in [0, 0.1) is 35.3 Å². The second kappa shape index (κ2) is 18.3. The van der Waals surface area contributed by atoms with Crippen molar-refractivity contribution in [2.45, 2.75) is 162 Å². The van der Waals surface area contributed by atoms with E-state index >= 15 is 4.39 Å². The van der Waals surface area contributed by atoms with Crippen molar-refractivity contribution < 1.29 is 13.5 Å². The molecule has 1 aromatic rings. The van der Waals surface area contributed by atoms with Crippen molar-refractivity contribution in [2.24, 2.45) is 23.7 Å². The maximum absolute atomic E-state index is 15.1. The lowest BCUT2D eigenvalue weighted by Gasteiger charge is -2.39. The predicted molar refractivity (Wildman–Crippen MR) is 163 cm³/mol. The quantitative estimate of drug-likeness (QED) is 0.166. The summed E-state index contributed by atoms with van der Waals surface area (Å²) in [5.41, 5.74) is 0.570. The molecular weight excluding hydrogens is 486 g/mol. The number of rotatable bonds is 18. The first-order chi connectivity index (χ1) is 19.0. The van der Waals surface area contributed by atoms with Gasteiger partial charge >= 0.3 is 0 Å². The van der Waals surface area contributed by atoms with E-state index in [0.29, 0.717) is 12.2 Å². The molecule has 1 nitrogen and oxygen atoms in total. The minimum absolute atomic E-state index is 0.0826. The molecular formula is C36H60F2O. The Morgan fingerprint density at radius 2 is 1.21 bits per heavy atom. The molecule has 3 rings (SSSR count). The van der Waals surface area contributed by atoms with E-state index in [9.17, 15) is 4.39 Å². The normalized spacial score (nSPS) is 24.5. The van der Waals surface area contributed by atoms with Crippen LogP contribution in [0.15, 0.2) is 12.1 Å². The third-order valence-corrected chi connectivity index (χ3v) is 10.4. The average molecular weight is 547 g/mol. The zero-order chi connectivity index (χ0) is 27.9. The molecule has 0 bridgehead atoms. The van der Waals surface area contributed by atoms with Crippen LogP contribution in [0.3, 0.4) is 0 Å². The van der Waals surface area contributed by atoms with Crippen molar-refractivity contribution in [1.29, 1.82) is 0 Å². The van der Waals surface area contributed by atoms with Gasteiger partial charge in [0.25, 0.3) is 0 Å². The molecule has 1 atom stereocenters. The van der Waals surface area contributed by atoms with E-state index in [-0.39, 0.29) is 11.7 Å². The number of hydrogen-bond donors (Lipinski definition) is 0. The van der Waals surface area contributed by atoms with E-state index in [4.69, 9.17) is 4.74 Å². The van der Waals surface area contributed by atoms with Crippen molar-refractivity contribution in [3.05, 3.63) is 29.3 Å². The van der Waals surface area contributed by atoms with Crippen LogP contribution in [-0.2, 0) is 0 Å². The molecule has 2 fully saturated rings.